The molecule has 0 radical (unpaired) electrons. The van der Waals surface area contributed by atoms with E-state index in [1.165, 1.54) is 27.8 Å². The lowest BCUT2D eigenvalue weighted by Crippen LogP contribution is -2.42. The number of hydrogen-bond acceptors (Lipinski definition) is 2. The van der Waals surface area contributed by atoms with Gasteiger partial charge in [-0.15, -0.1) is 0 Å². The minimum Gasteiger partial charge on any atom is -0.346 e. The van der Waals surface area contributed by atoms with Crippen molar-refractivity contribution in [2.24, 2.45) is 0 Å². The van der Waals surface area contributed by atoms with Gasteiger partial charge in [0.2, 0.25) is 0 Å². The van der Waals surface area contributed by atoms with Crippen molar-refractivity contribution in [1.29, 1.82) is 0 Å². The third-order valence-electron chi connectivity index (χ3n) is 4.78. The van der Waals surface area contributed by atoms with Gasteiger partial charge in [0.05, 0.1) is 5.54 Å². The Morgan fingerprint density at radius 1 is 1.14 bits per heavy atom. The fourth-order valence-corrected chi connectivity index (χ4v) is 3.24. The van der Waals surface area contributed by atoms with Gasteiger partial charge < -0.3 is 4.90 Å². The zero-order chi connectivity index (χ0) is 15.2. The summed E-state index contributed by atoms with van der Waals surface area (Å²) in [4.78, 5) is 6.85. The molecule has 1 aromatic heterocycles. The van der Waals surface area contributed by atoms with Crippen LogP contribution >= 0.6 is 0 Å². The first-order valence-electron chi connectivity index (χ1n) is 7.40. The molecule has 0 fully saturated rings. The number of aromatic nitrogens is 1. The van der Waals surface area contributed by atoms with Crippen LogP contribution in [0.4, 0.5) is 5.82 Å². The van der Waals surface area contributed by atoms with Crippen LogP contribution in [-0.2, 0) is 5.54 Å². The second-order valence-electron chi connectivity index (χ2n) is 6.21. The summed E-state index contributed by atoms with van der Waals surface area (Å²) in [7, 11) is 2.13. The zero-order valence-corrected chi connectivity index (χ0v) is 13.4. The summed E-state index contributed by atoms with van der Waals surface area (Å²) in [6.07, 6.45) is 6.35. The van der Waals surface area contributed by atoms with E-state index in [-0.39, 0.29) is 5.54 Å². The third kappa shape index (κ3) is 2.06. The number of anilines is 1. The van der Waals surface area contributed by atoms with Crippen LogP contribution in [0, 0.1) is 20.8 Å². The van der Waals surface area contributed by atoms with Gasteiger partial charge in [0.1, 0.15) is 5.82 Å². The van der Waals surface area contributed by atoms with Crippen LogP contribution in [0.1, 0.15) is 34.7 Å². The number of nitrogens with zero attached hydrogens (tertiary/aromatic N) is 2. The van der Waals surface area contributed by atoms with Crippen molar-refractivity contribution < 1.29 is 0 Å². The standard InChI is InChI=1S/C19H22N2/c1-13-11-14(2)15(3)17(12-13)19(4)9-8-16-7-6-10-20-18(16)21(19)5/h6-12H,1-5H3. The molecule has 0 saturated heterocycles. The number of hydrogen-bond donors (Lipinski definition) is 0. The second kappa shape index (κ2) is 4.73. The van der Waals surface area contributed by atoms with E-state index in [4.69, 9.17) is 0 Å². The maximum absolute atomic E-state index is 4.57. The fraction of sp³-hybridized carbons (Fsp3) is 0.316. The Balaban J connectivity index is 2.20. The largest absolute Gasteiger partial charge is 0.346 e. The number of benzene rings is 1. The van der Waals surface area contributed by atoms with Crippen LogP contribution in [0.3, 0.4) is 0 Å². The summed E-state index contributed by atoms with van der Waals surface area (Å²) >= 11 is 0. The lowest BCUT2D eigenvalue weighted by Gasteiger charge is -2.42. The van der Waals surface area contributed by atoms with Crippen LogP contribution in [0.25, 0.3) is 6.08 Å². The molecule has 0 N–H and O–H groups in total. The molecular weight excluding hydrogens is 256 g/mol. The quantitative estimate of drug-likeness (QED) is 0.769. The van der Waals surface area contributed by atoms with Crippen molar-refractivity contribution in [3.63, 3.8) is 0 Å². The Bertz CT molecular complexity index is 730. The Labute approximate surface area is 127 Å². The van der Waals surface area contributed by atoms with Gasteiger partial charge in [-0.2, -0.15) is 0 Å². The smallest absolute Gasteiger partial charge is 0.136 e. The molecule has 2 heteroatoms. The predicted molar refractivity (Wildman–Crippen MR) is 89.7 cm³/mol. The Morgan fingerprint density at radius 2 is 1.90 bits per heavy atom. The summed E-state index contributed by atoms with van der Waals surface area (Å²) in [5, 5.41) is 0. The molecule has 0 saturated carbocycles. The first-order chi connectivity index (χ1) is 9.93. The van der Waals surface area contributed by atoms with E-state index in [1.807, 2.05) is 12.3 Å². The predicted octanol–water partition coefficient (Wildman–Crippen LogP) is 4.39. The van der Waals surface area contributed by atoms with E-state index < -0.39 is 0 Å². The van der Waals surface area contributed by atoms with Gasteiger partial charge in [-0.25, -0.2) is 4.98 Å². The average Bonchev–Trinajstić information content (AvgIpc) is 2.47. The normalized spacial score (nSPS) is 20.5. The summed E-state index contributed by atoms with van der Waals surface area (Å²) in [5.41, 5.74) is 6.39. The molecule has 2 heterocycles. The van der Waals surface area contributed by atoms with Crippen LogP contribution in [-0.4, -0.2) is 12.0 Å². The van der Waals surface area contributed by atoms with E-state index in [0.717, 1.165) is 5.82 Å². The van der Waals surface area contributed by atoms with E-state index in [9.17, 15) is 0 Å². The molecule has 108 valence electrons. The van der Waals surface area contributed by atoms with Gasteiger partial charge >= 0.3 is 0 Å². The van der Waals surface area contributed by atoms with Crippen LogP contribution in [0.5, 0.6) is 0 Å². The molecule has 0 spiro atoms. The maximum Gasteiger partial charge on any atom is 0.136 e. The maximum atomic E-state index is 4.57. The highest BCUT2D eigenvalue weighted by atomic mass is 15.2. The van der Waals surface area contributed by atoms with E-state index in [0.29, 0.717) is 0 Å². The highest BCUT2D eigenvalue weighted by Gasteiger charge is 2.34. The number of aryl methyl sites for hydroxylation is 2. The SMILES string of the molecule is Cc1cc(C)c(C)c(C2(C)C=Cc3cccnc3N2C)c1. The van der Waals surface area contributed by atoms with Gasteiger partial charge in [0.25, 0.3) is 0 Å². The summed E-state index contributed by atoms with van der Waals surface area (Å²) in [6.45, 7) is 8.83. The van der Waals surface area contributed by atoms with Gasteiger partial charge in [0, 0.05) is 18.8 Å². The molecular formula is C19H22N2. The summed E-state index contributed by atoms with van der Waals surface area (Å²) in [6, 6.07) is 8.66. The topological polar surface area (TPSA) is 16.1 Å². The van der Waals surface area contributed by atoms with Crippen molar-refractivity contribution in [1.82, 2.24) is 4.98 Å². The molecule has 2 nitrogen and oxygen atoms in total. The van der Waals surface area contributed by atoms with Crippen molar-refractivity contribution in [2.75, 3.05) is 11.9 Å². The zero-order valence-electron chi connectivity index (χ0n) is 13.4. The minimum absolute atomic E-state index is 0.164. The highest BCUT2D eigenvalue weighted by molar-refractivity contribution is 5.71. The number of rotatable bonds is 1. The number of fused-ring (bicyclic) bond motifs is 1. The van der Waals surface area contributed by atoms with Crippen molar-refractivity contribution in [3.05, 3.63) is 64.4 Å². The molecule has 0 amide bonds. The number of likely N-dealkylation sites (N-methyl/N-ethyl adjacent to an activating group) is 1. The van der Waals surface area contributed by atoms with E-state index in [1.54, 1.807) is 0 Å². The number of pyridine rings is 1. The summed E-state index contributed by atoms with van der Waals surface area (Å²) < 4.78 is 0. The van der Waals surface area contributed by atoms with E-state index in [2.05, 4.69) is 75.0 Å². The van der Waals surface area contributed by atoms with Gasteiger partial charge in [0.15, 0.2) is 0 Å². The van der Waals surface area contributed by atoms with Gasteiger partial charge in [-0.3, -0.25) is 0 Å². The lowest BCUT2D eigenvalue weighted by molar-refractivity contribution is 0.567. The Hall–Kier alpha value is -2.09. The van der Waals surface area contributed by atoms with E-state index >= 15 is 0 Å². The Morgan fingerprint density at radius 3 is 2.67 bits per heavy atom. The first-order valence-corrected chi connectivity index (χ1v) is 7.40. The fourth-order valence-electron chi connectivity index (χ4n) is 3.24. The third-order valence-corrected chi connectivity index (χ3v) is 4.78. The van der Waals surface area contributed by atoms with Crippen LogP contribution < -0.4 is 4.90 Å². The monoisotopic (exact) mass is 278 g/mol. The van der Waals surface area contributed by atoms with Gasteiger partial charge in [-0.05, 0) is 56.5 Å². The molecule has 21 heavy (non-hydrogen) atoms. The minimum atomic E-state index is -0.164. The molecule has 0 bridgehead atoms. The van der Waals surface area contributed by atoms with Crippen molar-refractivity contribution >= 4 is 11.9 Å². The molecule has 1 atom stereocenters. The molecule has 2 aromatic rings. The molecule has 1 aliphatic rings. The molecule has 3 rings (SSSR count). The molecule has 0 aliphatic carbocycles. The Kier molecular flexibility index (Phi) is 3.12. The van der Waals surface area contributed by atoms with Crippen LogP contribution in [0.2, 0.25) is 0 Å². The first kappa shape index (κ1) is 13.9. The van der Waals surface area contributed by atoms with Crippen LogP contribution in [0.15, 0.2) is 36.5 Å². The molecule has 1 aliphatic heterocycles. The van der Waals surface area contributed by atoms with Crippen molar-refractivity contribution in [3.8, 4) is 0 Å². The highest BCUT2D eigenvalue weighted by Crippen LogP contribution is 2.40. The summed E-state index contributed by atoms with van der Waals surface area (Å²) in [5.74, 6) is 1.04. The second-order valence-corrected chi connectivity index (χ2v) is 6.21. The molecule has 1 unspecified atom stereocenters. The average molecular weight is 278 g/mol. The van der Waals surface area contributed by atoms with Gasteiger partial charge in [-0.1, -0.05) is 29.8 Å². The lowest BCUT2D eigenvalue weighted by atomic mass is 9.82. The van der Waals surface area contributed by atoms with Crippen molar-refractivity contribution in [2.45, 2.75) is 33.2 Å². The molecule has 1 aromatic carbocycles.